The number of nitrogens with one attached hydrogen (secondary N) is 2. The monoisotopic (exact) mass is 263 g/mol. The van der Waals surface area contributed by atoms with Crippen LogP contribution in [0.2, 0.25) is 0 Å². The lowest BCUT2D eigenvalue weighted by Gasteiger charge is -2.10. The van der Waals surface area contributed by atoms with Gasteiger partial charge in [-0.3, -0.25) is 9.59 Å². The number of hydrogen-bond donors (Lipinski definition) is 2. The highest BCUT2D eigenvalue weighted by Crippen LogP contribution is 2.12. The number of hydrogen-bond acceptors (Lipinski definition) is 3. The molecule has 0 aliphatic rings. The molecule has 0 saturated carbocycles. The molecule has 0 unspecified atom stereocenters. The van der Waals surface area contributed by atoms with Gasteiger partial charge in [0.2, 0.25) is 0 Å². The molecule has 0 heterocycles. The van der Waals surface area contributed by atoms with Gasteiger partial charge in [0.05, 0.1) is 0 Å². The third kappa shape index (κ3) is 5.52. The molecule has 0 radical (unpaired) electrons. The van der Waals surface area contributed by atoms with E-state index in [1.807, 2.05) is 44.1 Å². The predicted molar refractivity (Wildman–Crippen MR) is 76.0 cm³/mol. The van der Waals surface area contributed by atoms with Crippen molar-refractivity contribution < 1.29 is 9.59 Å². The number of rotatable bonds is 5. The van der Waals surface area contributed by atoms with Crippen molar-refractivity contribution in [3.05, 3.63) is 29.8 Å². The van der Waals surface area contributed by atoms with Crippen LogP contribution in [-0.2, 0) is 9.59 Å². The Bertz CT molecular complexity index is 444. The highest BCUT2D eigenvalue weighted by molar-refractivity contribution is 6.39. The van der Waals surface area contributed by atoms with Gasteiger partial charge in [0, 0.05) is 12.2 Å². The van der Waals surface area contributed by atoms with E-state index < -0.39 is 11.8 Å². The Balaban J connectivity index is 2.37. The highest BCUT2D eigenvalue weighted by Gasteiger charge is 2.13. The number of carbonyl (C=O) groups is 2. The van der Waals surface area contributed by atoms with E-state index >= 15 is 0 Å². The van der Waals surface area contributed by atoms with Gasteiger partial charge < -0.3 is 15.5 Å². The molecule has 0 aromatic heterocycles. The Kier molecular flexibility index (Phi) is 6.02. The summed E-state index contributed by atoms with van der Waals surface area (Å²) in [7, 11) is 3.93. The molecule has 19 heavy (non-hydrogen) atoms. The standard InChI is InChI=1S/C14H21N3O2/c1-11-7-4-5-8-12(11)16-14(19)13(18)15-9-6-10-17(2)3/h4-5,7-8H,6,9-10H2,1-3H3,(H,15,18)(H,16,19). The third-order valence-corrected chi connectivity index (χ3v) is 2.67. The van der Waals surface area contributed by atoms with Crippen LogP contribution in [0.4, 0.5) is 5.69 Å². The lowest BCUT2D eigenvalue weighted by molar-refractivity contribution is -0.136. The molecule has 5 heteroatoms. The van der Waals surface area contributed by atoms with Crippen molar-refractivity contribution in [2.45, 2.75) is 13.3 Å². The van der Waals surface area contributed by atoms with Gasteiger partial charge in [-0.1, -0.05) is 18.2 Å². The van der Waals surface area contributed by atoms with Crippen LogP contribution in [0.25, 0.3) is 0 Å². The zero-order chi connectivity index (χ0) is 14.3. The molecule has 0 spiro atoms. The van der Waals surface area contributed by atoms with Crippen LogP contribution >= 0.6 is 0 Å². The van der Waals surface area contributed by atoms with Gasteiger partial charge in [0.1, 0.15) is 0 Å². The first-order chi connectivity index (χ1) is 9.00. The second-order valence-corrected chi connectivity index (χ2v) is 4.68. The fourth-order valence-electron chi connectivity index (χ4n) is 1.57. The lowest BCUT2D eigenvalue weighted by atomic mass is 10.2. The minimum atomic E-state index is -0.626. The molecule has 1 rings (SSSR count). The Hall–Kier alpha value is -1.88. The molecule has 0 fully saturated rings. The number of nitrogens with zero attached hydrogens (tertiary/aromatic N) is 1. The summed E-state index contributed by atoms with van der Waals surface area (Å²) in [6.45, 7) is 3.25. The zero-order valence-corrected chi connectivity index (χ0v) is 11.7. The molecular formula is C14H21N3O2. The van der Waals surface area contributed by atoms with Crippen LogP contribution in [-0.4, -0.2) is 43.9 Å². The van der Waals surface area contributed by atoms with Gasteiger partial charge in [0.25, 0.3) is 0 Å². The summed E-state index contributed by atoms with van der Waals surface area (Å²) in [5.74, 6) is -1.22. The minimum Gasteiger partial charge on any atom is -0.348 e. The molecule has 0 atom stereocenters. The van der Waals surface area contributed by atoms with Gasteiger partial charge >= 0.3 is 11.8 Å². The van der Waals surface area contributed by atoms with Gasteiger partial charge in [-0.05, 0) is 45.6 Å². The SMILES string of the molecule is Cc1ccccc1NC(=O)C(=O)NCCCN(C)C. The van der Waals surface area contributed by atoms with E-state index in [2.05, 4.69) is 10.6 Å². The van der Waals surface area contributed by atoms with Crippen molar-refractivity contribution in [3.63, 3.8) is 0 Å². The fraction of sp³-hybridized carbons (Fsp3) is 0.429. The Morgan fingerprint density at radius 2 is 1.84 bits per heavy atom. The van der Waals surface area contributed by atoms with Gasteiger partial charge in [-0.2, -0.15) is 0 Å². The summed E-state index contributed by atoms with van der Waals surface area (Å²) in [6.07, 6.45) is 0.816. The second-order valence-electron chi connectivity index (χ2n) is 4.68. The quantitative estimate of drug-likeness (QED) is 0.615. The second kappa shape index (κ2) is 7.53. The number of amides is 2. The average Bonchev–Trinajstić information content (AvgIpc) is 2.36. The van der Waals surface area contributed by atoms with Crippen molar-refractivity contribution in [1.82, 2.24) is 10.2 Å². The van der Waals surface area contributed by atoms with Gasteiger partial charge in [0.15, 0.2) is 0 Å². The molecule has 104 valence electrons. The van der Waals surface area contributed by atoms with Crippen LogP contribution < -0.4 is 10.6 Å². The van der Waals surface area contributed by atoms with Crippen LogP contribution in [0, 0.1) is 6.92 Å². The molecule has 0 saturated heterocycles. The molecule has 2 amide bonds. The number of anilines is 1. The summed E-state index contributed by atoms with van der Waals surface area (Å²) in [5.41, 5.74) is 1.59. The molecule has 0 aliphatic carbocycles. The summed E-state index contributed by atoms with van der Waals surface area (Å²) in [6, 6.07) is 7.35. The van der Waals surface area contributed by atoms with E-state index in [1.165, 1.54) is 0 Å². The summed E-state index contributed by atoms with van der Waals surface area (Å²) in [4.78, 5) is 25.3. The fourth-order valence-corrected chi connectivity index (χ4v) is 1.57. The lowest BCUT2D eigenvalue weighted by Crippen LogP contribution is -2.36. The van der Waals surface area contributed by atoms with E-state index in [0.29, 0.717) is 12.2 Å². The molecule has 2 N–H and O–H groups in total. The van der Waals surface area contributed by atoms with E-state index in [1.54, 1.807) is 6.07 Å². The van der Waals surface area contributed by atoms with E-state index in [0.717, 1.165) is 18.5 Å². The predicted octanol–water partition coefficient (Wildman–Crippen LogP) is 1.00. The maximum atomic E-state index is 11.7. The number of carbonyl (C=O) groups excluding carboxylic acids is 2. The molecule has 1 aromatic carbocycles. The van der Waals surface area contributed by atoms with Crippen molar-refractivity contribution >= 4 is 17.5 Å². The highest BCUT2D eigenvalue weighted by atomic mass is 16.2. The third-order valence-electron chi connectivity index (χ3n) is 2.67. The smallest absolute Gasteiger partial charge is 0.313 e. The first-order valence-corrected chi connectivity index (χ1v) is 6.30. The molecule has 1 aromatic rings. The van der Waals surface area contributed by atoms with Crippen LogP contribution in [0.5, 0.6) is 0 Å². The largest absolute Gasteiger partial charge is 0.348 e. The van der Waals surface area contributed by atoms with Crippen LogP contribution in [0.3, 0.4) is 0 Å². The zero-order valence-electron chi connectivity index (χ0n) is 11.7. The normalized spacial score (nSPS) is 10.3. The van der Waals surface area contributed by atoms with Crippen molar-refractivity contribution in [2.75, 3.05) is 32.5 Å². The van der Waals surface area contributed by atoms with Gasteiger partial charge in [-0.25, -0.2) is 0 Å². The number of benzene rings is 1. The van der Waals surface area contributed by atoms with E-state index in [9.17, 15) is 9.59 Å². The summed E-state index contributed by atoms with van der Waals surface area (Å²) < 4.78 is 0. The first-order valence-electron chi connectivity index (χ1n) is 6.30. The van der Waals surface area contributed by atoms with Crippen LogP contribution in [0.15, 0.2) is 24.3 Å². The maximum absolute atomic E-state index is 11.7. The summed E-state index contributed by atoms with van der Waals surface area (Å²) in [5, 5.41) is 5.20. The van der Waals surface area contributed by atoms with Gasteiger partial charge in [-0.15, -0.1) is 0 Å². The number of aryl methyl sites for hydroxylation is 1. The topological polar surface area (TPSA) is 61.4 Å². The Labute approximate surface area is 114 Å². The molecule has 5 nitrogen and oxygen atoms in total. The van der Waals surface area contributed by atoms with E-state index in [-0.39, 0.29) is 0 Å². The van der Waals surface area contributed by atoms with Crippen molar-refractivity contribution in [2.24, 2.45) is 0 Å². The van der Waals surface area contributed by atoms with Crippen molar-refractivity contribution in [3.8, 4) is 0 Å². The molecule has 0 bridgehead atoms. The Morgan fingerprint density at radius 1 is 1.16 bits per heavy atom. The number of para-hydroxylation sites is 1. The first kappa shape index (κ1) is 15.2. The average molecular weight is 263 g/mol. The Morgan fingerprint density at radius 3 is 2.47 bits per heavy atom. The summed E-state index contributed by atoms with van der Waals surface area (Å²) >= 11 is 0. The van der Waals surface area contributed by atoms with Crippen molar-refractivity contribution in [1.29, 1.82) is 0 Å². The molecule has 0 aliphatic heterocycles. The maximum Gasteiger partial charge on any atom is 0.313 e. The van der Waals surface area contributed by atoms with E-state index in [4.69, 9.17) is 0 Å². The van der Waals surface area contributed by atoms with Crippen LogP contribution in [0.1, 0.15) is 12.0 Å². The minimum absolute atomic E-state index is 0.498. The molecular weight excluding hydrogens is 242 g/mol.